The van der Waals surface area contributed by atoms with Crippen molar-refractivity contribution in [2.24, 2.45) is 5.41 Å². The number of halogens is 2. The van der Waals surface area contributed by atoms with Gasteiger partial charge in [0.05, 0.1) is 0 Å². The normalized spacial score (nSPS) is 14.6. The van der Waals surface area contributed by atoms with Crippen LogP contribution in [0.15, 0.2) is 48.5 Å². The van der Waals surface area contributed by atoms with Crippen LogP contribution in [0.4, 0.5) is 4.39 Å². The summed E-state index contributed by atoms with van der Waals surface area (Å²) in [5.41, 5.74) is 0.722. The zero-order valence-corrected chi connectivity index (χ0v) is 14.3. The van der Waals surface area contributed by atoms with Crippen molar-refractivity contribution in [2.75, 3.05) is 0 Å². The molecule has 0 bridgehead atoms. The molecule has 2 aromatic carbocycles. The van der Waals surface area contributed by atoms with Crippen LogP contribution in [-0.4, -0.2) is 11.8 Å². The van der Waals surface area contributed by atoms with E-state index in [1.54, 1.807) is 24.3 Å². The van der Waals surface area contributed by atoms with Gasteiger partial charge in [-0.1, -0.05) is 35.9 Å². The molecule has 0 aromatic heterocycles. The van der Waals surface area contributed by atoms with E-state index in [4.69, 9.17) is 11.6 Å². The lowest BCUT2D eigenvalue weighted by atomic mass is 10.0. The zero-order valence-electron chi connectivity index (χ0n) is 13.5. The van der Waals surface area contributed by atoms with Crippen LogP contribution in [0, 0.1) is 11.2 Å². The first kappa shape index (κ1) is 17.4. The molecule has 0 aliphatic heterocycles. The summed E-state index contributed by atoms with van der Waals surface area (Å²) in [4.78, 5) is 24.8. The highest BCUT2D eigenvalue weighted by Gasteiger charge is 2.56. The van der Waals surface area contributed by atoms with E-state index < -0.39 is 5.41 Å². The molecule has 130 valence electrons. The number of carbonyl (C=O) groups excluding carboxylic acids is 2. The number of benzene rings is 2. The Bertz CT molecular complexity index is 708. The van der Waals surface area contributed by atoms with Crippen LogP contribution in [0.5, 0.6) is 0 Å². The van der Waals surface area contributed by atoms with Gasteiger partial charge in [0.15, 0.2) is 0 Å². The fourth-order valence-corrected chi connectivity index (χ4v) is 2.72. The number of carbonyl (C=O) groups is 2. The summed E-state index contributed by atoms with van der Waals surface area (Å²) in [6.07, 6.45) is 1.07. The standard InChI is InChI=1S/C19H18ClFN2O2/c20-15-5-1-13(2-6-15)11-22-17(24)19(9-10-19)18(25)23-12-14-3-7-16(21)8-4-14/h1-8H,9-12H2,(H,22,24)(H,23,25). The van der Waals surface area contributed by atoms with Crippen LogP contribution in [-0.2, 0) is 22.7 Å². The van der Waals surface area contributed by atoms with Crippen LogP contribution in [0.25, 0.3) is 0 Å². The third kappa shape index (κ3) is 4.17. The molecule has 1 fully saturated rings. The summed E-state index contributed by atoms with van der Waals surface area (Å²) < 4.78 is 12.9. The van der Waals surface area contributed by atoms with Crippen LogP contribution in [0.3, 0.4) is 0 Å². The summed E-state index contributed by atoms with van der Waals surface area (Å²) in [6.45, 7) is 0.619. The Labute approximate surface area is 150 Å². The quantitative estimate of drug-likeness (QED) is 0.777. The predicted octanol–water partition coefficient (Wildman–Crippen LogP) is 3.19. The van der Waals surface area contributed by atoms with Crippen molar-refractivity contribution in [1.82, 2.24) is 10.6 Å². The summed E-state index contributed by atoms with van der Waals surface area (Å²) in [6, 6.07) is 13.1. The van der Waals surface area contributed by atoms with Crippen molar-refractivity contribution < 1.29 is 14.0 Å². The van der Waals surface area contributed by atoms with Gasteiger partial charge in [0.1, 0.15) is 11.2 Å². The van der Waals surface area contributed by atoms with Crippen molar-refractivity contribution in [3.05, 3.63) is 70.5 Å². The summed E-state index contributed by atoms with van der Waals surface area (Å²) in [5.74, 6) is -0.875. The molecular formula is C19H18ClFN2O2. The van der Waals surface area contributed by atoms with Gasteiger partial charge in [0.2, 0.25) is 11.8 Å². The molecule has 2 amide bonds. The Morgan fingerprint density at radius 1 is 0.880 bits per heavy atom. The second-order valence-electron chi connectivity index (χ2n) is 6.20. The van der Waals surface area contributed by atoms with E-state index in [1.165, 1.54) is 12.1 Å². The summed E-state index contributed by atoms with van der Waals surface area (Å²) >= 11 is 5.83. The Balaban J connectivity index is 1.53. The Hall–Kier alpha value is -2.40. The van der Waals surface area contributed by atoms with E-state index in [1.807, 2.05) is 12.1 Å². The second kappa shape index (κ2) is 7.23. The highest BCUT2D eigenvalue weighted by Crippen LogP contribution is 2.46. The molecule has 1 aliphatic rings. The molecule has 0 unspecified atom stereocenters. The van der Waals surface area contributed by atoms with Crippen molar-refractivity contribution >= 4 is 23.4 Å². The molecule has 3 rings (SSSR count). The van der Waals surface area contributed by atoms with Gasteiger partial charge in [-0.25, -0.2) is 4.39 Å². The first-order valence-corrected chi connectivity index (χ1v) is 8.43. The van der Waals surface area contributed by atoms with Crippen LogP contribution in [0.1, 0.15) is 24.0 Å². The molecule has 0 heterocycles. The molecule has 2 aromatic rings. The molecule has 1 saturated carbocycles. The number of hydrogen-bond acceptors (Lipinski definition) is 2. The third-order valence-corrected chi connectivity index (χ3v) is 4.60. The smallest absolute Gasteiger partial charge is 0.235 e. The summed E-state index contributed by atoms with van der Waals surface area (Å²) in [7, 11) is 0. The predicted molar refractivity (Wildman–Crippen MR) is 93.2 cm³/mol. The topological polar surface area (TPSA) is 58.2 Å². The van der Waals surface area contributed by atoms with Gasteiger partial charge in [-0.3, -0.25) is 9.59 Å². The number of nitrogens with one attached hydrogen (secondary N) is 2. The van der Waals surface area contributed by atoms with E-state index in [0.29, 0.717) is 24.4 Å². The van der Waals surface area contributed by atoms with Gasteiger partial charge in [0, 0.05) is 18.1 Å². The van der Waals surface area contributed by atoms with Crippen molar-refractivity contribution in [3.8, 4) is 0 Å². The van der Waals surface area contributed by atoms with Gasteiger partial charge < -0.3 is 10.6 Å². The highest BCUT2D eigenvalue weighted by molar-refractivity contribution is 6.30. The second-order valence-corrected chi connectivity index (χ2v) is 6.64. The van der Waals surface area contributed by atoms with Crippen LogP contribution >= 0.6 is 11.6 Å². The minimum absolute atomic E-state index is 0.265. The van der Waals surface area contributed by atoms with Gasteiger partial charge >= 0.3 is 0 Å². The van der Waals surface area contributed by atoms with Gasteiger partial charge in [-0.15, -0.1) is 0 Å². The maximum absolute atomic E-state index is 12.9. The lowest BCUT2D eigenvalue weighted by molar-refractivity contribution is -0.137. The van der Waals surface area contributed by atoms with E-state index in [9.17, 15) is 14.0 Å². The highest BCUT2D eigenvalue weighted by atomic mass is 35.5. The Kier molecular flexibility index (Phi) is 5.04. The molecule has 0 radical (unpaired) electrons. The number of rotatable bonds is 6. The summed E-state index contributed by atoms with van der Waals surface area (Å²) in [5, 5.41) is 6.22. The van der Waals surface area contributed by atoms with Crippen molar-refractivity contribution in [1.29, 1.82) is 0 Å². The average molecular weight is 361 g/mol. The molecule has 25 heavy (non-hydrogen) atoms. The average Bonchev–Trinajstić information content (AvgIpc) is 3.42. The van der Waals surface area contributed by atoms with Crippen molar-refractivity contribution in [2.45, 2.75) is 25.9 Å². The van der Waals surface area contributed by atoms with Crippen molar-refractivity contribution in [3.63, 3.8) is 0 Å². The van der Waals surface area contributed by atoms with E-state index in [2.05, 4.69) is 10.6 Å². The first-order chi connectivity index (χ1) is 12.0. The lowest BCUT2D eigenvalue weighted by Crippen LogP contribution is -2.42. The van der Waals surface area contributed by atoms with Gasteiger partial charge in [-0.2, -0.15) is 0 Å². The lowest BCUT2D eigenvalue weighted by Gasteiger charge is -2.15. The minimum atomic E-state index is -0.980. The Morgan fingerprint density at radius 3 is 1.76 bits per heavy atom. The fraction of sp³-hybridized carbons (Fsp3) is 0.263. The molecule has 0 spiro atoms. The third-order valence-electron chi connectivity index (χ3n) is 4.35. The molecule has 6 heteroatoms. The molecule has 0 atom stereocenters. The van der Waals surface area contributed by atoms with Gasteiger partial charge in [-0.05, 0) is 48.2 Å². The molecule has 4 nitrogen and oxygen atoms in total. The minimum Gasteiger partial charge on any atom is -0.351 e. The molecule has 2 N–H and O–H groups in total. The SMILES string of the molecule is O=C(NCc1ccc(F)cc1)C1(C(=O)NCc2ccc(Cl)cc2)CC1. The van der Waals surface area contributed by atoms with E-state index >= 15 is 0 Å². The Morgan fingerprint density at radius 2 is 1.32 bits per heavy atom. The fourth-order valence-electron chi connectivity index (χ4n) is 2.59. The number of hydrogen-bond donors (Lipinski definition) is 2. The van der Waals surface area contributed by atoms with E-state index in [0.717, 1.165) is 11.1 Å². The molecule has 0 saturated heterocycles. The number of amides is 2. The largest absolute Gasteiger partial charge is 0.351 e. The van der Waals surface area contributed by atoms with Crippen LogP contribution in [0.2, 0.25) is 5.02 Å². The zero-order chi connectivity index (χ0) is 17.9. The van der Waals surface area contributed by atoms with Crippen LogP contribution < -0.4 is 10.6 Å². The first-order valence-electron chi connectivity index (χ1n) is 8.05. The molecular weight excluding hydrogens is 343 g/mol. The van der Waals surface area contributed by atoms with E-state index in [-0.39, 0.29) is 24.2 Å². The maximum Gasteiger partial charge on any atom is 0.235 e. The van der Waals surface area contributed by atoms with Gasteiger partial charge in [0.25, 0.3) is 0 Å². The maximum atomic E-state index is 12.9. The monoisotopic (exact) mass is 360 g/mol. The molecule has 1 aliphatic carbocycles.